The van der Waals surface area contributed by atoms with Crippen LogP contribution in [0.25, 0.3) is 0 Å². The molecular weight excluding hydrogens is 271 g/mol. The Morgan fingerprint density at radius 3 is 1.88 bits per heavy atom. The second kappa shape index (κ2) is 5.88. The number of carbonyl (C=O) groups excluding carboxylic acids is 1. The molecule has 0 aliphatic rings. The molecule has 2 aromatic rings. The van der Waals surface area contributed by atoms with Gasteiger partial charge >= 0.3 is 51.4 Å². The maximum Gasteiger partial charge on any atom is 1.00 e. The van der Waals surface area contributed by atoms with Gasteiger partial charge in [-0.15, -0.1) is 22.7 Å². The summed E-state index contributed by atoms with van der Waals surface area (Å²) in [5.74, 6) is -1.49. The van der Waals surface area contributed by atoms with Crippen molar-refractivity contribution in [3.63, 3.8) is 0 Å². The fourth-order valence-electron chi connectivity index (χ4n) is 1.29. The number of carboxylic acids is 1. The molecule has 1 N–H and O–H groups in total. The van der Waals surface area contributed by atoms with Crippen LogP contribution in [0.5, 0.6) is 0 Å². The third-order valence-electron chi connectivity index (χ3n) is 2.05. The summed E-state index contributed by atoms with van der Waals surface area (Å²) in [6.45, 7) is 0. The molecule has 0 bridgehead atoms. The van der Waals surface area contributed by atoms with E-state index in [0.717, 1.165) is 0 Å². The maximum absolute atomic E-state index is 11.1. The second-order valence-corrected chi connectivity index (χ2v) is 4.85. The van der Waals surface area contributed by atoms with E-state index in [1.54, 1.807) is 35.0 Å². The van der Waals surface area contributed by atoms with Crippen LogP contribution in [-0.4, -0.2) is 11.1 Å². The summed E-state index contributed by atoms with van der Waals surface area (Å²) >= 11 is 2.38. The molecule has 0 aromatic carbocycles. The molecule has 0 aliphatic heterocycles. The Bertz CT molecular complexity index is 416. The van der Waals surface area contributed by atoms with E-state index in [2.05, 4.69) is 0 Å². The van der Waals surface area contributed by atoms with Gasteiger partial charge in [0.05, 0.1) is 5.97 Å². The first-order valence-corrected chi connectivity index (χ1v) is 5.93. The third-order valence-corrected chi connectivity index (χ3v) is 4.01. The summed E-state index contributed by atoms with van der Waals surface area (Å²) < 4.78 is 0. The van der Waals surface area contributed by atoms with Crippen molar-refractivity contribution >= 4 is 28.6 Å². The van der Waals surface area contributed by atoms with Gasteiger partial charge in [0.15, 0.2) is 5.60 Å². The van der Waals surface area contributed by atoms with E-state index in [0.29, 0.717) is 9.75 Å². The molecule has 6 heteroatoms. The first-order valence-electron chi connectivity index (χ1n) is 4.17. The Labute approximate surface area is 143 Å². The predicted molar refractivity (Wildman–Crippen MR) is 56.6 cm³/mol. The monoisotopic (exact) mass is 278 g/mol. The summed E-state index contributed by atoms with van der Waals surface area (Å²) in [6, 6.07) is 6.56. The zero-order chi connectivity index (χ0) is 10.9. The van der Waals surface area contributed by atoms with Crippen molar-refractivity contribution in [1.29, 1.82) is 0 Å². The molecule has 0 saturated carbocycles. The molecule has 2 aromatic heterocycles. The van der Waals surface area contributed by atoms with Gasteiger partial charge in [0.1, 0.15) is 0 Å². The predicted octanol–water partition coefficient (Wildman–Crippen LogP) is -2.20. The molecule has 2 rings (SSSR count). The van der Waals surface area contributed by atoms with Gasteiger partial charge < -0.3 is 15.0 Å². The quantitative estimate of drug-likeness (QED) is 0.648. The molecule has 2 heterocycles. The largest absolute Gasteiger partial charge is 1.00 e. The number of aliphatic carboxylic acids is 1. The first-order chi connectivity index (χ1) is 7.15. The summed E-state index contributed by atoms with van der Waals surface area (Å²) in [5, 5.41) is 24.7. The van der Waals surface area contributed by atoms with Crippen molar-refractivity contribution in [3.05, 3.63) is 44.8 Å². The van der Waals surface area contributed by atoms with Crippen LogP contribution in [0, 0.1) is 0 Å². The zero-order valence-corrected chi connectivity index (χ0v) is 13.3. The van der Waals surface area contributed by atoms with Crippen LogP contribution in [0.2, 0.25) is 0 Å². The van der Waals surface area contributed by atoms with Gasteiger partial charge in [0.25, 0.3) is 0 Å². The van der Waals surface area contributed by atoms with Crippen molar-refractivity contribution in [3.8, 4) is 0 Å². The van der Waals surface area contributed by atoms with Crippen LogP contribution in [0.4, 0.5) is 0 Å². The van der Waals surface area contributed by atoms with Crippen LogP contribution in [-0.2, 0) is 10.4 Å². The van der Waals surface area contributed by atoms with E-state index in [1.165, 1.54) is 22.7 Å². The minimum atomic E-state index is -2.01. The van der Waals surface area contributed by atoms with Gasteiger partial charge in [0.2, 0.25) is 0 Å². The summed E-state index contributed by atoms with van der Waals surface area (Å²) in [7, 11) is 0. The van der Waals surface area contributed by atoms with Gasteiger partial charge in [-0.3, -0.25) is 0 Å². The Morgan fingerprint density at radius 2 is 1.62 bits per heavy atom. The SMILES string of the molecule is O=C([O-])C(O)(c1cccs1)c1cccs1.[K+]. The smallest absolute Gasteiger partial charge is 0.546 e. The van der Waals surface area contributed by atoms with Crippen molar-refractivity contribution in [2.45, 2.75) is 5.60 Å². The molecule has 16 heavy (non-hydrogen) atoms. The van der Waals surface area contributed by atoms with Crippen LogP contribution < -0.4 is 56.5 Å². The Balaban J connectivity index is 0.00000128. The number of thiophene rings is 2. The maximum atomic E-state index is 11.1. The van der Waals surface area contributed by atoms with E-state index < -0.39 is 11.6 Å². The molecule has 0 radical (unpaired) electrons. The minimum Gasteiger partial charge on any atom is -0.546 e. The second-order valence-electron chi connectivity index (χ2n) is 2.95. The van der Waals surface area contributed by atoms with E-state index >= 15 is 0 Å². The number of hydrogen-bond acceptors (Lipinski definition) is 5. The Morgan fingerprint density at radius 1 is 1.19 bits per heavy atom. The number of carboxylic acid groups (broad SMARTS) is 1. The van der Waals surface area contributed by atoms with Crippen molar-refractivity contribution in [1.82, 2.24) is 0 Å². The Kier molecular flexibility index (Phi) is 5.34. The number of carbonyl (C=O) groups is 1. The number of hydrogen-bond donors (Lipinski definition) is 1. The van der Waals surface area contributed by atoms with Gasteiger partial charge in [-0.1, -0.05) is 12.1 Å². The zero-order valence-electron chi connectivity index (χ0n) is 8.54. The number of aliphatic hydroxyl groups is 1. The molecule has 78 valence electrons. The van der Waals surface area contributed by atoms with Crippen molar-refractivity contribution in [2.24, 2.45) is 0 Å². The molecule has 3 nitrogen and oxygen atoms in total. The summed E-state index contributed by atoms with van der Waals surface area (Å²) in [6.07, 6.45) is 0. The first kappa shape index (κ1) is 14.5. The standard InChI is InChI=1S/C10H8O3S2.K/c11-9(12)10(13,7-3-1-5-14-7)8-4-2-6-15-8;/h1-6,13H,(H,11,12);/q;+1/p-1. The van der Waals surface area contributed by atoms with E-state index in [-0.39, 0.29) is 51.4 Å². The molecule has 0 saturated heterocycles. The van der Waals surface area contributed by atoms with E-state index in [9.17, 15) is 15.0 Å². The third kappa shape index (κ3) is 2.49. The average Bonchev–Trinajstić information content (AvgIpc) is 2.89. The Hall–Kier alpha value is 0.466. The average molecular weight is 278 g/mol. The van der Waals surface area contributed by atoms with Crippen molar-refractivity contribution in [2.75, 3.05) is 0 Å². The molecule has 0 unspecified atom stereocenters. The summed E-state index contributed by atoms with van der Waals surface area (Å²) in [5.41, 5.74) is -2.01. The van der Waals surface area contributed by atoms with Crippen LogP contribution in [0.15, 0.2) is 35.0 Å². The molecular formula is C10H7KO3S2. The summed E-state index contributed by atoms with van der Waals surface area (Å²) in [4.78, 5) is 11.8. The van der Waals surface area contributed by atoms with Gasteiger partial charge in [-0.2, -0.15) is 0 Å². The minimum absolute atomic E-state index is 0. The topological polar surface area (TPSA) is 60.4 Å². The molecule has 0 atom stereocenters. The van der Waals surface area contributed by atoms with E-state index in [4.69, 9.17) is 0 Å². The van der Waals surface area contributed by atoms with E-state index in [1.807, 2.05) is 0 Å². The molecule has 0 amide bonds. The van der Waals surface area contributed by atoms with Gasteiger partial charge in [-0.25, -0.2) is 0 Å². The number of rotatable bonds is 3. The van der Waals surface area contributed by atoms with Crippen LogP contribution in [0.1, 0.15) is 9.75 Å². The van der Waals surface area contributed by atoms with Crippen LogP contribution in [0.3, 0.4) is 0 Å². The van der Waals surface area contributed by atoms with Crippen LogP contribution >= 0.6 is 22.7 Å². The van der Waals surface area contributed by atoms with Crippen molar-refractivity contribution < 1.29 is 66.4 Å². The fraction of sp³-hybridized carbons (Fsp3) is 0.100. The van der Waals surface area contributed by atoms with Gasteiger partial charge in [0, 0.05) is 9.75 Å². The normalized spacial score (nSPS) is 10.8. The molecule has 0 fully saturated rings. The van der Waals surface area contributed by atoms with Gasteiger partial charge in [-0.05, 0) is 22.9 Å². The molecule has 0 spiro atoms. The molecule has 0 aliphatic carbocycles. The fourth-order valence-corrected chi connectivity index (χ4v) is 3.01.